The van der Waals surface area contributed by atoms with Crippen LogP contribution in [0.4, 0.5) is 0 Å². The number of thiazole rings is 1. The van der Waals surface area contributed by atoms with Gasteiger partial charge in [0.05, 0.1) is 10.7 Å². The maximum atomic E-state index is 4.55. The van der Waals surface area contributed by atoms with Crippen LogP contribution in [0.15, 0.2) is 0 Å². The van der Waals surface area contributed by atoms with Crippen molar-refractivity contribution in [1.82, 2.24) is 10.3 Å². The lowest BCUT2D eigenvalue weighted by Gasteiger charge is -2.31. The first kappa shape index (κ1) is 13.0. The Morgan fingerprint density at radius 3 is 2.65 bits per heavy atom. The second-order valence-electron chi connectivity index (χ2n) is 5.83. The summed E-state index contributed by atoms with van der Waals surface area (Å²) in [4.78, 5) is 6.04. The Hall–Kier alpha value is -0.410. The first-order chi connectivity index (χ1) is 8.01. The highest BCUT2D eigenvalue weighted by molar-refractivity contribution is 7.11. The van der Waals surface area contributed by atoms with Gasteiger partial charge in [-0.3, -0.25) is 0 Å². The van der Waals surface area contributed by atoms with E-state index in [9.17, 15) is 0 Å². The molecule has 2 heterocycles. The minimum atomic E-state index is 0.345. The molecule has 2 nitrogen and oxygen atoms in total. The van der Waals surface area contributed by atoms with Crippen molar-refractivity contribution in [3.63, 3.8) is 0 Å². The largest absolute Gasteiger partial charge is 0.311 e. The number of nitrogens with one attached hydrogen (secondary N) is 1. The highest BCUT2D eigenvalue weighted by atomic mass is 32.1. The van der Waals surface area contributed by atoms with Gasteiger partial charge in [-0.1, -0.05) is 13.8 Å². The Kier molecular flexibility index (Phi) is 3.88. The third kappa shape index (κ3) is 3.08. The van der Waals surface area contributed by atoms with Crippen LogP contribution in [0.25, 0.3) is 0 Å². The van der Waals surface area contributed by atoms with Crippen LogP contribution >= 0.6 is 11.3 Å². The maximum absolute atomic E-state index is 4.55. The summed E-state index contributed by atoms with van der Waals surface area (Å²) in [7, 11) is 0. The summed E-state index contributed by atoms with van der Waals surface area (Å²) in [6, 6.07) is 0. The summed E-state index contributed by atoms with van der Waals surface area (Å²) in [6.45, 7) is 10.1. The summed E-state index contributed by atoms with van der Waals surface area (Å²) in [5.41, 5.74) is 1.59. The van der Waals surface area contributed by atoms with Crippen LogP contribution < -0.4 is 5.32 Å². The van der Waals surface area contributed by atoms with E-state index in [0.29, 0.717) is 5.54 Å². The molecule has 1 atom stereocenters. The second kappa shape index (κ2) is 5.07. The van der Waals surface area contributed by atoms with E-state index >= 15 is 0 Å². The Balaban J connectivity index is 2.15. The molecule has 0 spiro atoms. The zero-order chi connectivity index (χ0) is 12.5. The Labute approximate surface area is 109 Å². The topological polar surface area (TPSA) is 24.9 Å². The summed E-state index contributed by atoms with van der Waals surface area (Å²) in [5.74, 6) is 0.759. The highest BCUT2D eigenvalue weighted by Gasteiger charge is 2.35. The Morgan fingerprint density at radius 2 is 2.18 bits per heavy atom. The van der Waals surface area contributed by atoms with Gasteiger partial charge < -0.3 is 5.32 Å². The van der Waals surface area contributed by atoms with Gasteiger partial charge >= 0.3 is 0 Å². The van der Waals surface area contributed by atoms with E-state index in [4.69, 9.17) is 0 Å². The lowest BCUT2D eigenvalue weighted by Crippen LogP contribution is -2.43. The van der Waals surface area contributed by atoms with Crippen molar-refractivity contribution < 1.29 is 0 Å². The molecular weight excluding hydrogens is 228 g/mol. The molecule has 1 aliphatic rings. The molecule has 0 aromatic carbocycles. The van der Waals surface area contributed by atoms with E-state index in [1.165, 1.54) is 47.8 Å². The van der Waals surface area contributed by atoms with Crippen molar-refractivity contribution in [3.05, 3.63) is 15.6 Å². The molecule has 17 heavy (non-hydrogen) atoms. The fourth-order valence-corrected chi connectivity index (χ4v) is 4.17. The standard InChI is InChI=1S/C14H24N2S/c1-10(2)8-14(6-5-7-15-14)9-13-11(3)16-12(4)17-13/h10,15H,5-9H2,1-4H3. The third-order valence-corrected chi connectivity index (χ3v) is 4.70. The van der Waals surface area contributed by atoms with Crippen LogP contribution in [0, 0.1) is 19.8 Å². The van der Waals surface area contributed by atoms with Gasteiger partial charge in [-0.05, 0) is 45.6 Å². The zero-order valence-electron chi connectivity index (χ0n) is 11.5. The third-order valence-electron chi connectivity index (χ3n) is 3.63. The summed E-state index contributed by atoms with van der Waals surface area (Å²) >= 11 is 1.88. The molecule has 1 aromatic rings. The molecule has 1 fully saturated rings. The van der Waals surface area contributed by atoms with E-state index in [2.05, 4.69) is 38.0 Å². The van der Waals surface area contributed by atoms with Gasteiger partial charge in [-0.2, -0.15) is 0 Å². The van der Waals surface area contributed by atoms with Gasteiger partial charge in [0.25, 0.3) is 0 Å². The van der Waals surface area contributed by atoms with Crippen molar-refractivity contribution in [3.8, 4) is 0 Å². The van der Waals surface area contributed by atoms with E-state index in [1.807, 2.05) is 11.3 Å². The minimum Gasteiger partial charge on any atom is -0.311 e. The number of aromatic nitrogens is 1. The average Bonchev–Trinajstić information content (AvgIpc) is 2.75. The fourth-order valence-electron chi connectivity index (χ4n) is 3.09. The smallest absolute Gasteiger partial charge is 0.0900 e. The number of rotatable bonds is 4. The maximum Gasteiger partial charge on any atom is 0.0900 e. The number of nitrogens with zero attached hydrogens (tertiary/aromatic N) is 1. The lowest BCUT2D eigenvalue weighted by molar-refractivity contribution is 0.303. The van der Waals surface area contributed by atoms with Gasteiger partial charge in [-0.15, -0.1) is 11.3 Å². The van der Waals surface area contributed by atoms with Crippen LogP contribution in [-0.4, -0.2) is 17.1 Å². The molecule has 0 bridgehead atoms. The van der Waals surface area contributed by atoms with Crippen LogP contribution in [-0.2, 0) is 6.42 Å². The van der Waals surface area contributed by atoms with Crippen molar-refractivity contribution >= 4 is 11.3 Å². The average molecular weight is 252 g/mol. The summed E-state index contributed by atoms with van der Waals surface area (Å²) in [5, 5.41) is 4.97. The molecule has 0 amide bonds. The SMILES string of the molecule is Cc1nc(C)c(CC2(CC(C)C)CCCN2)s1. The molecule has 3 heteroatoms. The normalized spacial score (nSPS) is 24.8. The minimum absolute atomic E-state index is 0.345. The van der Waals surface area contributed by atoms with E-state index in [-0.39, 0.29) is 0 Å². The predicted octanol–water partition coefficient (Wildman–Crippen LogP) is 3.47. The fraction of sp³-hybridized carbons (Fsp3) is 0.786. The van der Waals surface area contributed by atoms with Crippen LogP contribution in [0.5, 0.6) is 0 Å². The molecule has 0 saturated carbocycles. The van der Waals surface area contributed by atoms with Gasteiger partial charge in [0.1, 0.15) is 0 Å². The van der Waals surface area contributed by atoms with Crippen LogP contribution in [0.2, 0.25) is 0 Å². The predicted molar refractivity (Wildman–Crippen MR) is 74.7 cm³/mol. The van der Waals surface area contributed by atoms with Crippen molar-refractivity contribution in [2.75, 3.05) is 6.54 Å². The van der Waals surface area contributed by atoms with Gasteiger partial charge in [-0.25, -0.2) is 4.98 Å². The van der Waals surface area contributed by atoms with Gasteiger partial charge in [0, 0.05) is 16.8 Å². The van der Waals surface area contributed by atoms with Crippen molar-refractivity contribution in [2.24, 2.45) is 5.92 Å². The molecule has 1 aliphatic heterocycles. The second-order valence-corrected chi connectivity index (χ2v) is 7.11. The van der Waals surface area contributed by atoms with Crippen molar-refractivity contribution in [2.45, 2.75) is 58.9 Å². The van der Waals surface area contributed by atoms with Crippen LogP contribution in [0.3, 0.4) is 0 Å². The Bertz CT molecular complexity index is 376. The molecular formula is C14H24N2S. The molecule has 2 rings (SSSR count). The van der Waals surface area contributed by atoms with Gasteiger partial charge in [0.2, 0.25) is 0 Å². The van der Waals surface area contributed by atoms with E-state index in [1.54, 1.807) is 0 Å². The molecule has 1 saturated heterocycles. The number of hydrogen-bond donors (Lipinski definition) is 1. The molecule has 1 aromatic heterocycles. The number of hydrogen-bond acceptors (Lipinski definition) is 3. The van der Waals surface area contributed by atoms with E-state index < -0.39 is 0 Å². The monoisotopic (exact) mass is 252 g/mol. The Morgan fingerprint density at radius 1 is 1.41 bits per heavy atom. The molecule has 0 aliphatic carbocycles. The number of aryl methyl sites for hydroxylation is 2. The van der Waals surface area contributed by atoms with Crippen molar-refractivity contribution in [1.29, 1.82) is 0 Å². The molecule has 1 unspecified atom stereocenters. The van der Waals surface area contributed by atoms with Gasteiger partial charge in [0.15, 0.2) is 0 Å². The quantitative estimate of drug-likeness (QED) is 0.887. The molecule has 1 N–H and O–H groups in total. The zero-order valence-corrected chi connectivity index (χ0v) is 12.3. The van der Waals surface area contributed by atoms with Crippen LogP contribution in [0.1, 0.15) is 48.7 Å². The summed E-state index contributed by atoms with van der Waals surface area (Å²) < 4.78 is 0. The molecule has 0 radical (unpaired) electrons. The summed E-state index contributed by atoms with van der Waals surface area (Å²) in [6.07, 6.45) is 5.09. The molecule has 96 valence electrons. The van der Waals surface area contributed by atoms with E-state index in [0.717, 1.165) is 5.92 Å². The first-order valence-electron chi connectivity index (χ1n) is 6.69. The first-order valence-corrected chi connectivity index (χ1v) is 7.50. The lowest BCUT2D eigenvalue weighted by atomic mass is 9.84. The highest BCUT2D eigenvalue weighted by Crippen LogP contribution is 2.33.